The normalized spacial score (nSPS) is 22.3. The van der Waals surface area contributed by atoms with E-state index in [1.54, 1.807) is 6.08 Å². The van der Waals surface area contributed by atoms with Crippen molar-refractivity contribution in [1.29, 1.82) is 0 Å². The monoisotopic (exact) mass is 214 g/mol. The van der Waals surface area contributed by atoms with Crippen molar-refractivity contribution in [3.8, 4) is 0 Å². The molecule has 1 unspecified atom stereocenters. The van der Waals surface area contributed by atoms with Gasteiger partial charge in [0, 0.05) is 13.1 Å². The van der Waals surface area contributed by atoms with Crippen LogP contribution in [-0.4, -0.2) is 61.4 Å². The Kier molecular flexibility index (Phi) is 5.31. The van der Waals surface area contributed by atoms with Crippen molar-refractivity contribution in [3.63, 3.8) is 0 Å². The van der Waals surface area contributed by atoms with Crippen LogP contribution in [-0.2, 0) is 9.53 Å². The van der Waals surface area contributed by atoms with Gasteiger partial charge in [-0.05, 0) is 0 Å². The minimum Gasteiger partial charge on any atom is -0.395 e. The molecule has 0 radical (unpaired) electrons. The summed E-state index contributed by atoms with van der Waals surface area (Å²) >= 11 is 0. The number of hydrogen-bond acceptors (Lipinski definition) is 4. The zero-order valence-corrected chi connectivity index (χ0v) is 8.82. The molecule has 1 atom stereocenters. The van der Waals surface area contributed by atoms with E-state index in [9.17, 15) is 4.79 Å². The zero-order valence-electron chi connectivity index (χ0n) is 8.82. The summed E-state index contributed by atoms with van der Waals surface area (Å²) in [4.78, 5) is 13.3. The molecule has 5 heteroatoms. The summed E-state index contributed by atoms with van der Waals surface area (Å²) in [6.07, 6.45) is 1.64. The Bertz CT molecular complexity index is 221. The van der Waals surface area contributed by atoms with Crippen molar-refractivity contribution < 1.29 is 14.6 Å². The molecular formula is C10H18N2O3. The van der Waals surface area contributed by atoms with Gasteiger partial charge in [-0.3, -0.25) is 9.69 Å². The number of carbonyl (C=O) groups is 1. The van der Waals surface area contributed by atoms with Gasteiger partial charge in [0.25, 0.3) is 0 Å². The van der Waals surface area contributed by atoms with Gasteiger partial charge in [0.2, 0.25) is 5.91 Å². The van der Waals surface area contributed by atoms with Gasteiger partial charge in [-0.15, -0.1) is 6.58 Å². The number of nitrogens with one attached hydrogen (secondary N) is 1. The van der Waals surface area contributed by atoms with Crippen LogP contribution in [0.15, 0.2) is 12.7 Å². The minimum atomic E-state index is -0.0618. The molecule has 1 amide bonds. The van der Waals surface area contributed by atoms with Crippen LogP contribution in [0.25, 0.3) is 0 Å². The minimum absolute atomic E-state index is 0.0226. The Hall–Kier alpha value is -0.910. The van der Waals surface area contributed by atoms with E-state index in [1.807, 2.05) is 4.90 Å². The second kappa shape index (κ2) is 6.55. The molecule has 0 saturated carbocycles. The highest BCUT2D eigenvalue weighted by Crippen LogP contribution is 2.05. The summed E-state index contributed by atoms with van der Waals surface area (Å²) in [6, 6.07) is -0.0618. The molecule has 2 N–H and O–H groups in total. The SMILES string of the molecule is C=CCNC(=O)CN1CCOCC1CO. The molecule has 1 fully saturated rings. The number of hydrogen-bond donors (Lipinski definition) is 2. The lowest BCUT2D eigenvalue weighted by Gasteiger charge is -2.33. The van der Waals surface area contributed by atoms with Crippen LogP contribution in [0.2, 0.25) is 0 Å². The topological polar surface area (TPSA) is 61.8 Å². The molecule has 5 nitrogen and oxygen atoms in total. The van der Waals surface area contributed by atoms with E-state index < -0.39 is 0 Å². The van der Waals surface area contributed by atoms with E-state index in [0.717, 1.165) is 0 Å². The number of amides is 1. The van der Waals surface area contributed by atoms with Crippen LogP contribution in [0.3, 0.4) is 0 Å². The number of morpholine rings is 1. The third-order valence-electron chi connectivity index (χ3n) is 2.35. The quantitative estimate of drug-likeness (QED) is 0.575. The molecule has 1 aliphatic rings. The molecule has 86 valence electrons. The standard InChI is InChI=1S/C10H18N2O3/c1-2-3-11-10(14)6-12-4-5-15-8-9(12)7-13/h2,9,13H,1,3-8H2,(H,11,14). The van der Waals surface area contributed by atoms with Crippen molar-refractivity contribution in [2.75, 3.05) is 39.5 Å². The first-order valence-electron chi connectivity index (χ1n) is 5.08. The lowest BCUT2D eigenvalue weighted by Crippen LogP contribution is -2.51. The lowest BCUT2D eigenvalue weighted by atomic mass is 10.2. The maximum absolute atomic E-state index is 11.4. The number of aliphatic hydroxyl groups excluding tert-OH is 1. The predicted octanol–water partition coefficient (Wildman–Crippen LogP) is -1.02. The Morgan fingerprint density at radius 2 is 2.53 bits per heavy atom. The molecule has 0 aromatic heterocycles. The third kappa shape index (κ3) is 3.99. The Morgan fingerprint density at radius 3 is 3.20 bits per heavy atom. The van der Waals surface area contributed by atoms with Gasteiger partial charge in [-0.1, -0.05) is 6.08 Å². The summed E-state index contributed by atoms with van der Waals surface area (Å²) < 4.78 is 5.22. The highest BCUT2D eigenvalue weighted by Gasteiger charge is 2.23. The van der Waals surface area contributed by atoms with E-state index >= 15 is 0 Å². The van der Waals surface area contributed by atoms with Gasteiger partial charge >= 0.3 is 0 Å². The molecule has 1 heterocycles. The smallest absolute Gasteiger partial charge is 0.234 e. The van der Waals surface area contributed by atoms with Crippen LogP contribution in [0.5, 0.6) is 0 Å². The van der Waals surface area contributed by atoms with Gasteiger partial charge in [-0.25, -0.2) is 0 Å². The van der Waals surface area contributed by atoms with E-state index in [1.165, 1.54) is 0 Å². The number of carbonyl (C=O) groups excluding carboxylic acids is 1. The van der Waals surface area contributed by atoms with Gasteiger partial charge in [-0.2, -0.15) is 0 Å². The van der Waals surface area contributed by atoms with Crippen molar-refractivity contribution in [1.82, 2.24) is 10.2 Å². The van der Waals surface area contributed by atoms with Gasteiger partial charge in [0.15, 0.2) is 0 Å². The van der Waals surface area contributed by atoms with Crippen molar-refractivity contribution in [3.05, 3.63) is 12.7 Å². The highest BCUT2D eigenvalue weighted by atomic mass is 16.5. The van der Waals surface area contributed by atoms with Crippen LogP contribution in [0.1, 0.15) is 0 Å². The largest absolute Gasteiger partial charge is 0.395 e. The molecule has 0 spiro atoms. The molecule has 0 bridgehead atoms. The molecule has 1 aliphatic heterocycles. The van der Waals surface area contributed by atoms with Crippen LogP contribution in [0.4, 0.5) is 0 Å². The fourth-order valence-corrected chi connectivity index (χ4v) is 1.49. The molecule has 0 aromatic rings. The van der Waals surface area contributed by atoms with Crippen molar-refractivity contribution in [2.24, 2.45) is 0 Å². The first-order chi connectivity index (χ1) is 7.27. The van der Waals surface area contributed by atoms with Crippen molar-refractivity contribution in [2.45, 2.75) is 6.04 Å². The first kappa shape index (κ1) is 12.2. The Balaban J connectivity index is 2.33. The summed E-state index contributed by atoms with van der Waals surface area (Å²) in [5.74, 6) is -0.0461. The summed E-state index contributed by atoms with van der Waals surface area (Å²) in [5, 5.41) is 11.8. The van der Waals surface area contributed by atoms with Crippen molar-refractivity contribution >= 4 is 5.91 Å². The van der Waals surface area contributed by atoms with Gasteiger partial charge < -0.3 is 15.2 Å². The number of nitrogens with zero attached hydrogens (tertiary/aromatic N) is 1. The highest BCUT2D eigenvalue weighted by molar-refractivity contribution is 5.78. The molecule has 1 rings (SSSR count). The Morgan fingerprint density at radius 1 is 1.73 bits per heavy atom. The second-order valence-electron chi connectivity index (χ2n) is 3.47. The van der Waals surface area contributed by atoms with E-state index in [0.29, 0.717) is 32.8 Å². The maximum atomic E-state index is 11.4. The van der Waals surface area contributed by atoms with E-state index in [4.69, 9.17) is 9.84 Å². The number of aliphatic hydroxyl groups is 1. The van der Waals surface area contributed by atoms with E-state index in [-0.39, 0.29) is 18.6 Å². The average Bonchev–Trinajstić information content (AvgIpc) is 2.27. The second-order valence-corrected chi connectivity index (χ2v) is 3.47. The Labute approximate surface area is 89.7 Å². The van der Waals surface area contributed by atoms with Gasteiger partial charge in [0.1, 0.15) is 0 Å². The number of ether oxygens (including phenoxy) is 1. The summed E-state index contributed by atoms with van der Waals surface area (Å²) in [5.41, 5.74) is 0. The molecule has 1 saturated heterocycles. The lowest BCUT2D eigenvalue weighted by molar-refractivity contribution is -0.125. The molecular weight excluding hydrogens is 196 g/mol. The van der Waals surface area contributed by atoms with Crippen LogP contribution in [0, 0.1) is 0 Å². The third-order valence-corrected chi connectivity index (χ3v) is 2.35. The molecule has 0 aromatic carbocycles. The predicted molar refractivity (Wildman–Crippen MR) is 56.5 cm³/mol. The van der Waals surface area contributed by atoms with Crippen LogP contribution >= 0.6 is 0 Å². The van der Waals surface area contributed by atoms with Crippen LogP contribution < -0.4 is 5.32 Å². The zero-order chi connectivity index (χ0) is 11.1. The number of rotatable bonds is 5. The molecule has 0 aliphatic carbocycles. The summed E-state index contributed by atoms with van der Waals surface area (Å²) in [7, 11) is 0. The fourth-order valence-electron chi connectivity index (χ4n) is 1.49. The van der Waals surface area contributed by atoms with E-state index in [2.05, 4.69) is 11.9 Å². The molecule has 15 heavy (non-hydrogen) atoms. The van der Waals surface area contributed by atoms with Gasteiger partial charge in [0.05, 0.1) is 32.4 Å². The first-order valence-corrected chi connectivity index (χ1v) is 5.08. The maximum Gasteiger partial charge on any atom is 0.234 e. The fraction of sp³-hybridized carbons (Fsp3) is 0.700. The average molecular weight is 214 g/mol. The summed E-state index contributed by atoms with van der Waals surface area (Å²) in [6.45, 7) is 6.13.